The van der Waals surface area contributed by atoms with E-state index in [1.807, 2.05) is 36.4 Å². The monoisotopic (exact) mass is 433 g/mol. The summed E-state index contributed by atoms with van der Waals surface area (Å²) in [4.78, 5) is 6.02. The van der Waals surface area contributed by atoms with E-state index in [4.69, 9.17) is 0 Å². The molecule has 32 heavy (non-hydrogen) atoms. The normalized spacial score (nSPS) is 19.4. The lowest BCUT2D eigenvalue weighted by Gasteiger charge is -2.20. The lowest BCUT2D eigenvalue weighted by Crippen LogP contribution is -2.35. The van der Waals surface area contributed by atoms with Crippen LogP contribution in [-0.4, -0.2) is 34.1 Å². The molecule has 168 valence electrons. The SMILES string of the molecule is Cc1cc(CN(C)Cc2ccc(C[C@@H]3CC[C@H]([C@H](O)c4ccccc4)N3)cc2)cnc1F. The summed E-state index contributed by atoms with van der Waals surface area (Å²) in [7, 11) is 2.06. The highest BCUT2D eigenvalue weighted by Crippen LogP contribution is 2.26. The maximum absolute atomic E-state index is 13.4. The van der Waals surface area contributed by atoms with Gasteiger partial charge in [0.15, 0.2) is 0 Å². The highest BCUT2D eigenvalue weighted by atomic mass is 19.1. The molecular formula is C27H32FN3O. The molecule has 1 aromatic heterocycles. The van der Waals surface area contributed by atoms with Crippen LogP contribution < -0.4 is 5.32 Å². The molecule has 3 aromatic rings. The van der Waals surface area contributed by atoms with E-state index < -0.39 is 12.1 Å². The summed E-state index contributed by atoms with van der Waals surface area (Å²) in [6.45, 7) is 3.30. The van der Waals surface area contributed by atoms with Crippen LogP contribution in [0.4, 0.5) is 4.39 Å². The van der Waals surface area contributed by atoms with E-state index in [1.165, 1.54) is 11.1 Å². The van der Waals surface area contributed by atoms with Gasteiger partial charge in [-0.2, -0.15) is 4.39 Å². The van der Waals surface area contributed by atoms with Gasteiger partial charge in [-0.15, -0.1) is 0 Å². The number of benzene rings is 2. The Morgan fingerprint density at radius 3 is 2.44 bits per heavy atom. The Balaban J connectivity index is 1.27. The summed E-state index contributed by atoms with van der Waals surface area (Å²) in [5.74, 6) is -0.398. The number of aliphatic hydroxyl groups is 1. The summed E-state index contributed by atoms with van der Waals surface area (Å²) < 4.78 is 13.4. The van der Waals surface area contributed by atoms with Crippen molar-refractivity contribution >= 4 is 0 Å². The van der Waals surface area contributed by atoms with Gasteiger partial charge in [0.1, 0.15) is 0 Å². The minimum Gasteiger partial charge on any atom is -0.387 e. The molecule has 5 heteroatoms. The molecule has 0 unspecified atom stereocenters. The van der Waals surface area contributed by atoms with E-state index in [1.54, 1.807) is 13.1 Å². The fraction of sp³-hybridized carbons (Fsp3) is 0.370. The predicted molar refractivity (Wildman–Crippen MR) is 126 cm³/mol. The highest BCUT2D eigenvalue weighted by Gasteiger charge is 2.29. The molecule has 2 aromatic carbocycles. The molecular weight excluding hydrogens is 401 g/mol. The highest BCUT2D eigenvalue weighted by molar-refractivity contribution is 5.25. The molecule has 4 nitrogen and oxygen atoms in total. The van der Waals surface area contributed by atoms with Gasteiger partial charge in [0.25, 0.3) is 0 Å². The van der Waals surface area contributed by atoms with Gasteiger partial charge in [0, 0.05) is 36.9 Å². The zero-order valence-corrected chi connectivity index (χ0v) is 18.8. The number of nitrogens with zero attached hydrogens (tertiary/aromatic N) is 2. The Morgan fingerprint density at radius 1 is 1.03 bits per heavy atom. The molecule has 0 radical (unpaired) electrons. The van der Waals surface area contributed by atoms with Crippen molar-refractivity contribution in [3.05, 3.63) is 101 Å². The molecule has 0 amide bonds. The first kappa shape index (κ1) is 22.6. The van der Waals surface area contributed by atoms with E-state index in [0.717, 1.165) is 43.5 Å². The Bertz CT molecular complexity index is 1010. The van der Waals surface area contributed by atoms with Gasteiger partial charge >= 0.3 is 0 Å². The molecule has 4 rings (SSSR count). The number of nitrogens with one attached hydrogen (secondary N) is 1. The van der Waals surface area contributed by atoms with Gasteiger partial charge in [-0.05, 0) is 61.6 Å². The maximum atomic E-state index is 13.4. The van der Waals surface area contributed by atoms with Crippen LogP contribution in [0, 0.1) is 12.9 Å². The minimum absolute atomic E-state index is 0.111. The quantitative estimate of drug-likeness (QED) is 0.512. The zero-order valence-electron chi connectivity index (χ0n) is 18.8. The number of rotatable bonds is 8. The van der Waals surface area contributed by atoms with Crippen LogP contribution in [0.2, 0.25) is 0 Å². The molecule has 2 heterocycles. The van der Waals surface area contributed by atoms with Crippen LogP contribution in [0.15, 0.2) is 66.9 Å². The van der Waals surface area contributed by atoms with E-state index in [9.17, 15) is 9.50 Å². The molecule has 1 aliphatic rings. The average molecular weight is 434 g/mol. The van der Waals surface area contributed by atoms with Crippen molar-refractivity contribution in [1.29, 1.82) is 0 Å². The smallest absolute Gasteiger partial charge is 0.215 e. The van der Waals surface area contributed by atoms with E-state index in [2.05, 4.69) is 46.5 Å². The van der Waals surface area contributed by atoms with Crippen molar-refractivity contribution in [2.24, 2.45) is 0 Å². The molecule has 0 aliphatic carbocycles. The lowest BCUT2D eigenvalue weighted by atomic mass is 10.0. The van der Waals surface area contributed by atoms with E-state index in [0.29, 0.717) is 11.6 Å². The van der Waals surface area contributed by atoms with Crippen molar-refractivity contribution in [2.75, 3.05) is 7.05 Å². The second kappa shape index (κ2) is 10.3. The molecule has 3 atom stereocenters. The van der Waals surface area contributed by atoms with Gasteiger partial charge < -0.3 is 10.4 Å². The van der Waals surface area contributed by atoms with Crippen molar-refractivity contribution in [1.82, 2.24) is 15.2 Å². The van der Waals surface area contributed by atoms with Crippen LogP contribution >= 0.6 is 0 Å². The first-order valence-corrected chi connectivity index (χ1v) is 11.3. The Morgan fingerprint density at radius 2 is 1.72 bits per heavy atom. The van der Waals surface area contributed by atoms with Crippen LogP contribution in [0.1, 0.15) is 46.8 Å². The van der Waals surface area contributed by atoms with Gasteiger partial charge in [0.05, 0.1) is 6.10 Å². The fourth-order valence-corrected chi connectivity index (χ4v) is 4.59. The van der Waals surface area contributed by atoms with Crippen LogP contribution in [0.25, 0.3) is 0 Å². The summed E-state index contributed by atoms with van der Waals surface area (Å²) >= 11 is 0. The summed E-state index contributed by atoms with van der Waals surface area (Å²) in [6, 6.07) is 21.0. The summed E-state index contributed by atoms with van der Waals surface area (Å²) in [6.07, 6.45) is 4.18. The first-order valence-electron chi connectivity index (χ1n) is 11.3. The van der Waals surface area contributed by atoms with Gasteiger partial charge in [-0.1, -0.05) is 54.6 Å². The predicted octanol–water partition coefficient (Wildman–Crippen LogP) is 4.56. The van der Waals surface area contributed by atoms with Gasteiger partial charge in [-0.3, -0.25) is 4.90 Å². The Kier molecular flexibility index (Phi) is 7.30. The third-order valence-electron chi connectivity index (χ3n) is 6.28. The Labute approximate surface area is 190 Å². The standard InChI is InChI=1S/C27H32FN3O/c1-19-14-22(16-29-27(19)28)18-31(2)17-21-10-8-20(9-11-21)15-24-12-13-25(30-24)26(32)23-6-4-3-5-7-23/h3-11,14,16,24-26,30,32H,12-13,15,17-18H2,1-2H3/t24-,25+,26+/m0/s1. The second-order valence-electron chi connectivity index (χ2n) is 9.05. The van der Waals surface area contributed by atoms with Crippen LogP contribution in [0.5, 0.6) is 0 Å². The van der Waals surface area contributed by atoms with E-state index in [-0.39, 0.29) is 6.04 Å². The first-order chi connectivity index (χ1) is 15.5. The largest absolute Gasteiger partial charge is 0.387 e. The van der Waals surface area contributed by atoms with Crippen molar-refractivity contribution in [3.63, 3.8) is 0 Å². The third-order valence-corrected chi connectivity index (χ3v) is 6.28. The van der Waals surface area contributed by atoms with Crippen molar-refractivity contribution in [3.8, 4) is 0 Å². The maximum Gasteiger partial charge on any atom is 0.215 e. The fourth-order valence-electron chi connectivity index (χ4n) is 4.59. The van der Waals surface area contributed by atoms with Gasteiger partial charge in [0.2, 0.25) is 5.95 Å². The number of hydrogen-bond acceptors (Lipinski definition) is 4. The van der Waals surface area contributed by atoms with Crippen molar-refractivity contribution < 1.29 is 9.50 Å². The average Bonchev–Trinajstić information content (AvgIpc) is 3.26. The Hall–Kier alpha value is -2.60. The number of halogens is 1. The van der Waals surface area contributed by atoms with Gasteiger partial charge in [-0.25, -0.2) is 4.98 Å². The number of hydrogen-bond donors (Lipinski definition) is 2. The zero-order chi connectivity index (χ0) is 22.5. The second-order valence-corrected chi connectivity index (χ2v) is 9.05. The molecule has 0 spiro atoms. The lowest BCUT2D eigenvalue weighted by molar-refractivity contribution is 0.135. The molecule has 1 aliphatic heterocycles. The van der Waals surface area contributed by atoms with E-state index >= 15 is 0 Å². The topological polar surface area (TPSA) is 48.4 Å². The number of aromatic nitrogens is 1. The number of pyridine rings is 1. The molecule has 0 saturated carbocycles. The number of aliphatic hydroxyl groups excluding tert-OH is 1. The summed E-state index contributed by atoms with van der Waals surface area (Å²) in [5.41, 5.74) is 5.13. The van der Waals surface area contributed by atoms with Crippen LogP contribution in [0.3, 0.4) is 0 Å². The molecule has 2 N–H and O–H groups in total. The minimum atomic E-state index is -0.459. The molecule has 1 fully saturated rings. The van der Waals surface area contributed by atoms with Crippen molar-refractivity contribution in [2.45, 2.75) is 57.5 Å². The third kappa shape index (κ3) is 5.80. The molecule has 0 bridgehead atoms. The molecule has 1 saturated heterocycles. The summed E-state index contributed by atoms with van der Waals surface area (Å²) in [5, 5.41) is 14.3. The number of aryl methyl sites for hydroxylation is 1. The van der Waals surface area contributed by atoms with Crippen LogP contribution in [-0.2, 0) is 19.5 Å².